The number of hydrogen-bond acceptors (Lipinski definition) is 3. The number of anilines is 1. The molecule has 20 heavy (non-hydrogen) atoms. The second kappa shape index (κ2) is 5.00. The number of carboxylic acid groups (broad SMARTS) is 1. The molecule has 1 aliphatic heterocycles. The summed E-state index contributed by atoms with van der Waals surface area (Å²) >= 11 is 0. The van der Waals surface area contributed by atoms with Gasteiger partial charge in [-0.1, -0.05) is 6.07 Å². The van der Waals surface area contributed by atoms with Gasteiger partial charge in [-0.25, -0.2) is 9.78 Å². The molecular formula is C15H17N3O2. The van der Waals surface area contributed by atoms with Crippen LogP contribution in [0, 0.1) is 0 Å². The van der Waals surface area contributed by atoms with Crippen LogP contribution in [-0.2, 0) is 20.0 Å². The van der Waals surface area contributed by atoms with E-state index in [4.69, 9.17) is 0 Å². The lowest BCUT2D eigenvalue weighted by molar-refractivity contribution is 0.0695. The highest BCUT2D eigenvalue weighted by molar-refractivity contribution is 5.91. The molecule has 3 rings (SSSR count). The predicted octanol–water partition coefficient (Wildman–Crippen LogP) is 2.07. The summed E-state index contributed by atoms with van der Waals surface area (Å²) in [5, 5.41) is 9.30. The molecule has 5 heteroatoms. The maximum atomic E-state index is 11.3. The lowest BCUT2D eigenvalue weighted by Gasteiger charge is -2.32. The highest BCUT2D eigenvalue weighted by Gasteiger charge is 2.22. The molecule has 0 saturated heterocycles. The second-order valence-electron chi connectivity index (χ2n) is 5.13. The van der Waals surface area contributed by atoms with Gasteiger partial charge in [-0.05, 0) is 30.5 Å². The molecule has 0 amide bonds. The van der Waals surface area contributed by atoms with E-state index in [0.29, 0.717) is 5.56 Å². The van der Waals surface area contributed by atoms with E-state index in [1.807, 2.05) is 29.9 Å². The van der Waals surface area contributed by atoms with Crippen LogP contribution in [0.1, 0.15) is 28.0 Å². The Labute approximate surface area is 117 Å². The summed E-state index contributed by atoms with van der Waals surface area (Å²) < 4.78 is 2.00. The molecule has 104 valence electrons. The van der Waals surface area contributed by atoms with Gasteiger partial charge in [-0.15, -0.1) is 0 Å². The van der Waals surface area contributed by atoms with E-state index in [-0.39, 0.29) is 0 Å². The van der Waals surface area contributed by atoms with E-state index in [1.54, 1.807) is 12.4 Å². The van der Waals surface area contributed by atoms with Crippen molar-refractivity contribution in [3.05, 3.63) is 47.5 Å². The van der Waals surface area contributed by atoms with Crippen molar-refractivity contribution in [1.29, 1.82) is 0 Å². The summed E-state index contributed by atoms with van der Waals surface area (Å²) in [6.45, 7) is 1.70. The zero-order valence-electron chi connectivity index (χ0n) is 11.4. The summed E-state index contributed by atoms with van der Waals surface area (Å²) in [6.07, 6.45) is 5.46. The first-order valence-electron chi connectivity index (χ1n) is 6.72. The SMILES string of the molecule is Cn1cncc1CN1CCCc2c(C(=O)O)cccc21. The topological polar surface area (TPSA) is 58.4 Å². The number of fused-ring (bicyclic) bond motifs is 1. The molecule has 1 aromatic carbocycles. The number of benzene rings is 1. The second-order valence-corrected chi connectivity index (χ2v) is 5.13. The minimum Gasteiger partial charge on any atom is -0.478 e. The van der Waals surface area contributed by atoms with Crippen LogP contribution in [0.5, 0.6) is 0 Å². The molecule has 5 nitrogen and oxygen atoms in total. The summed E-state index contributed by atoms with van der Waals surface area (Å²) in [5.74, 6) is -0.843. The monoisotopic (exact) mass is 271 g/mol. The van der Waals surface area contributed by atoms with Crippen molar-refractivity contribution in [3.8, 4) is 0 Å². The Morgan fingerprint density at radius 2 is 2.30 bits per heavy atom. The van der Waals surface area contributed by atoms with Gasteiger partial charge in [0.05, 0.1) is 24.1 Å². The molecule has 2 aromatic rings. The highest BCUT2D eigenvalue weighted by Crippen LogP contribution is 2.30. The Bertz CT molecular complexity index is 648. The van der Waals surface area contributed by atoms with Crippen molar-refractivity contribution >= 4 is 11.7 Å². The van der Waals surface area contributed by atoms with E-state index in [9.17, 15) is 9.90 Å². The first kappa shape index (κ1) is 12.7. The summed E-state index contributed by atoms with van der Waals surface area (Å²) in [6, 6.07) is 5.52. The normalized spacial score (nSPS) is 14.2. The maximum absolute atomic E-state index is 11.3. The fourth-order valence-electron chi connectivity index (χ4n) is 2.80. The van der Waals surface area contributed by atoms with Gasteiger partial charge in [-0.3, -0.25) is 0 Å². The molecule has 0 bridgehead atoms. The number of aromatic carboxylic acids is 1. The van der Waals surface area contributed by atoms with E-state index in [0.717, 1.165) is 42.9 Å². The van der Waals surface area contributed by atoms with Crippen LogP contribution >= 0.6 is 0 Å². The Balaban J connectivity index is 1.96. The molecule has 2 heterocycles. The molecule has 0 unspecified atom stereocenters. The molecule has 0 fully saturated rings. The highest BCUT2D eigenvalue weighted by atomic mass is 16.4. The van der Waals surface area contributed by atoms with Crippen molar-refractivity contribution < 1.29 is 9.90 Å². The first-order valence-corrected chi connectivity index (χ1v) is 6.72. The first-order chi connectivity index (χ1) is 9.66. The van der Waals surface area contributed by atoms with Crippen LogP contribution < -0.4 is 4.90 Å². The minimum atomic E-state index is -0.843. The molecule has 1 aromatic heterocycles. The Kier molecular flexibility index (Phi) is 3.18. The average molecular weight is 271 g/mol. The lowest BCUT2D eigenvalue weighted by atomic mass is 9.96. The van der Waals surface area contributed by atoms with E-state index in [2.05, 4.69) is 9.88 Å². The van der Waals surface area contributed by atoms with E-state index in [1.165, 1.54) is 0 Å². The van der Waals surface area contributed by atoms with Crippen LogP contribution in [0.4, 0.5) is 5.69 Å². The van der Waals surface area contributed by atoms with Gasteiger partial charge < -0.3 is 14.6 Å². The van der Waals surface area contributed by atoms with Gasteiger partial charge in [0, 0.05) is 25.5 Å². The number of aryl methyl sites for hydroxylation is 1. The third-order valence-electron chi connectivity index (χ3n) is 3.85. The van der Waals surface area contributed by atoms with Crippen molar-refractivity contribution in [3.63, 3.8) is 0 Å². The third-order valence-corrected chi connectivity index (χ3v) is 3.85. The molecule has 0 spiro atoms. The largest absolute Gasteiger partial charge is 0.478 e. The number of rotatable bonds is 3. The number of imidazole rings is 1. The number of carboxylic acids is 1. The standard InChI is InChI=1S/C15H17N3O2/c1-17-10-16-8-11(17)9-18-7-3-5-12-13(15(19)20)4-2-6-14(12)18/h2,4,6,8,10H,3,5,7,9H2,1H3,(H,19,20). The van der Waals surface area contributed by atoms with Gasteiger partial charge >= 0.3 is 5.97 Å². The zero-order valence-corrected chi connectivity index (χ0v) is 11.4. The van der Waals surface area contributed by atoms with Crippen LogP contribution in [0.2, 0.25) is 0 Å². The van der Waals surface area contributed by atoms with Gasteiger partial charge in [0.1, 0.15) is 0 Å². The van der Waals surface area contributed by atoms with Crippen molar-refractivity contribution in [2.24, 2.45) is 7.05 Å². The van der Waals surface area contributed by atoms with Crippen molar-refractivity contribution in [2.45, 2.75) is 19.4 Å². The lowest BCUT2D eigenvalue weighted by Crippen LogP contribution is -2.30. The molecule has 0 atom stereocenters. The summed E-state index contributed by atoms with van der Waals surface area (Å²) in [4.78, 5) is 17.7. The number of carbonyl (C=O) groups is 1. The average Bonchev–Trinajstić information content (AvgIpc) is 2.84. The van der Waals surface area contributed by atoms with Crippen LogP contribution in [0.25, 0.3) is 0 Å². The summed E-state index contributed by atoms with van der Waals surface area (Å²) in [7, 11) is 1.97. The van der Waals surface area contributed by atoms with Gasteiger partial charge in [0.2, 0.25) is 0 Å². The van der Waals surface area contributed by atoms with E-state index >= 15 is 0 Å². The number of hydrogen-bond donors (Lipinski definition) is 1. The predicted molar refractivity (Wildman–Crippen MR) is 76.0 cm³/mol. The molecule has 0 radical (unpaired) electrons. The van der Waals surface area contributed by atoms with Crippen LogP contribution in [0.3, 0.4) is 0 Å². The molecular weight excluding hydrogens is 254 g/mol. The quantitative estimate of drug-likeness (QED) is 0.928. The van der Waals surface area contributed by atoms with Crippen LogP contribution in [0.15, 0.2) is 30.7 Å². The minimum absolute atomic E-state index is 0.428. The number of aromatic nitrogens is 2. The van der Waals surface area contributed by atoms with Gasteiger partial charge in [0.25, 0.3) is 0 Å². The number of nitrogens with zero attached hydrogens (tertiary/aromatic N) is 3. The van der Waals surface area contributed by atoms with Crippen molar-refractivity contribution in [2.75, 3.05) is 11.4 Å². The van der Waals surface area contributed by atoms with E-state index < -0.39 is 5.97 Å². The summed E-state index contributed by atoms with van der Waals surface area (Å²) in [5.41, 5.74) is 3.54. The Hall–Kier alpha value is -2.30. The molecule has 0 aliphatic carbocycles. The van der Waals surface area contributed by atoms with Gasteiger partial charge in [0.15, 0.2) is 0 Å². The van der Waals surface area contributed by atoms with Crippen molar-refractivity contribution in [1.82, 2.24) is 9.55 Å². The zero-order chi connectivity index (χ0) is 14.1. The Morgan fingerprint density at radius 3 is 3.00 bits per heavy atom. The molecule has 0 saturated carbocycles. The maximum Gasteiger partial charge on any atom is 0.336 e. The molecule has 1 aliphatic rings. The third kappa shape index (κ3) is 2.15. The fourth-order valence-corrected chi connectivity index (χ4v) is 2.80. The smallest absolute Gasteiger partial charge is 0.336 e. The Morgan fingerprint density at radius 1 is 1.45 bits per heavy atom. The molecule has 1 N–H and O–H groups in total. The van der Waals surface area contributed by atoms with Gasteiger partial charge in [-0.2, -0.15) is 0 Å². The fraction of sp³-hybridized carbons (Fsp3) is 0.333. The van der Waals surface area contributed by atoms with Crippen LogP contribution in [-0.4, -0.2) is 27.2 Å².